The van der Waals surface area contributed by atoms with E-state index in [-0.39, 0.29) is 0 Å². The molecule has 1 aliphatic carbocycles. The van der Waals surface area contributed by atoms with Crippen LogP contribution in [-0.2, 0) is 0 Å². The fourth-order valence-corrected chi connectivity index (χ4v) is 2.78. The Hall–Kier alpha value is -1.63. The van der Waals surface area contributed by atoms with Gasteiger partial charge in [0.05, 0.1) is 14.2 Å². The topological polar surface area (TPSA) is 72.4 Å². The van der Waals surface area contributed by atoms with E-state index in [0.717, 1.165) is 19.6 Å². The van der Waals surface area contributed by atoms with E-state index in [1.807, 2.05) is 0 Å². The number of hydrogen-bond acceptors (Lipinski definition) is 7. The van der Waals surface area contributed by atoms with Crippen LogP contribution < -0.4 is 19.7 Å². The predicted octanol–water partition coefficient (Wildman–Crippen LogP) is 0.857. The fraction of sp³-hybridized carbons (Fsp3) is 0.786. The van der Waals surface area contributed by atoms with Gasteiger partial charge in [-0.15, -0.1) is 4.98 Å². The summed E-state index contributed by atoms with van der Waals surface area (Å²) in [4.78, 5) is 15.2. The second-order valence-electron chi connectivity index (χ2n) is 5.70. The molecule has 0 spiro atoms. The second-order valence-corrected chi connectivity index (χ2v) is 5.70. The summed E-state index contributed by atoms with van der Waals surface area (Å²) >= 11 is 0. The summed E-state index contributed by atoms with van der Waals surface area (Å²) in [6.45, 7) is 3.18. The number of nitrogens with zero attached hydrogens (tertiary/aromatic N) is 4. The van der Waals surface area contributed by atoms with Crippen molar-refractivity contribution in [1.29, 1.82) is 0 Å². The summed E-state index contributed by atoms with van der Waals surface area (Å²) in [7, 11) is 3.12. The minimum atomic E-state index is 0.310. The van der Waals surface area contributed by atoms with Gasteiger partial charge in [-0.05, 0) is 44.7 Å². The molecule has 21 heavy (non-hydrogen) atoms. The van der Waals surface area contributed by atoms with Gasteiger partial charge in [0, 0.05) is 12.6 Å². The van der Waals surface area contributed by atoms with Gasteiger partial charge >= 0.3 is 12.0 Å². The molecule has 2 aliphatic rings. The monoisotopic (exact) mass is 293 g/mol. The number of anilines is 1. The van der Waals surface area contributed by atoms with Crippen LogP contribution in [0.2, 0.25) is 0 Å². The molecule has 1 saturated carbocycles. The Balaban J connectivity index is 1.79. The molecule has 1 aromatic rings. The standard InChI is InChI=1S/C14H23N5O2/c1-20-13-16-12(17-14(18-13)21-2)19(11-5-6-11)9-10-4-3-7-15-8-10/h10-11,15H,3-9H2,1-2H3. The highest BCUT2D eigenvalue weighted by Crippen LogP contribution is 2.32. The van der Waals surface area contributed by atoms with Crippen molar-refractivity contribution in [3.8, 4) is 12.0 Å². The van der Waals surface area contributed by atoms with Gasteiger partial charge in [0.25, 0.3) is 0 Å². The Morgan fingerprint density at radius 3 is 2.33 bits per heavy atom. The molecule has 1 saturated heterocycles. The van der Waals surface area contributed by atoms with Crippen molar-refractivity contribution >= 4 is 5.95 Å². The van der Waals surface area contributed by atoms with E-state index >= 15 is 0 Å². The molecule has 1 atom stereocenters. The third kappa shape index (κ3) is 3.53. The van der Waals surface area contributed by atoms with Gasteiger partial charge in [-0.3, -0.25) is 0 Å². The van der Waals surface area contributed by atoms with Crippen molar-refractivity contribution in [2.45, 2.75) is 31.7 Å². The normalized spacial score (nSPS) is 21.9. The van der Waals surface area contributed by atoms with Crippen LogP contribution in [0, 0.1) is 5.92 Å². The molecule has 3 rings (SSSR count). The van der Waals surface area contributed by atoms with Gasteiger partial charge in [0.15, 0.2) is 0 Å². The average Bonchev–Trinajstić information content (AvgIpc) is 3.37. The first-order chi connectivity index (χ1) is 10.3. The number of aromatic nitrogens is 3. The van der Waals surface area contributed by atoms with Crippen LogP contribution in [0.4, 0.5) is 5.95 Å². The Kier molecular flexibility index (Phi) is 4.38. The number of nitrogens with one attached hydrogen (secondary N) is 1. The zero-order valence-corrected chi connectivity index (χ0v) is 12.7. The van der Waals surface area contributed by atoms with Crippen molar-refractivity contribution in [2.24, 2.45) is 5.92 Å². The second kappa shape index (κ2) is 6.43. The molecule has 7 heteroatoms. The average molecular weight is 293 g/mol. The lowest BCUT2D eigenvalue weighted by atomic mass is 9.99. The van der Waals surface area contributed by atoms with Gasteiger partial charge in [-0.25, -0.2) is 0 Å². The van der Waals surface area contributed by atoms with Crippen LogP contribution in [0.15, 0.2) is 0 Å². The molecule has 1 aliphatic heterocycles. The van der Waals surface area contributed by atoms with Crippen molar-refractivity contribution in [1.82, 2.24) is 20.3 Å². The number of piperidine rings is 1. The van der Waals surface area contributed by atoms with Crippen LogP contribution in [0.5, 0.6) is 12.0 Å². The van der Waals surface area contributed by atoms with Gasteiger partial charge in [0.1, 0.15) is 0 Å². The first-order valence-corrected chi connectivity index (χ1v) is 7.61. The quantitative estimate of drug-likeness (QED) is 0.834. The molecule has 116 valence electrons. The minimum Gasteiger partial charge on any atom is -0.467 e. The largest absolute Gasteiger partial charge is 0.467 e. The lowest BCUT2D eigenvalue weighted by Gasteiger charge is -2.30. The zero-order chi connectivity index (χ0) is 14.7. The first kappa shape index (κ1) is 14.3. The first-order valence-electron chi connectivity index (χ1n) is 7.61. The van der Waals surface area contributed by atoms with E-state index in [1.54, 1.807) is 14.2 Å². The van der Waals surface area contributed by atoms with Crippen LogP contribution in [-0.4, -0.2) is 54.8 Å². The molecular weight excluding hydrogens is 270 g/mol. The third-order valence-corrected chi connectivity index (χ3v) is 4.05. The van der Waals surface area contributed by atoms with E-state index in [2.05, 4.69) is 25.2 Å². The number of rotatable bonds is 6. The Morgan fingerprint density at radius 1 is 1.10 bits per heavy atom. The van der Waals surface area contributed by atoms with Crippen LogP contribution in [0.25, 0.3) is 0 Å². The SMILES string of the molecule is COc1nc(OC)nc(N(CC2CCCNC2)C2CC2)n1. The van der Waals surface area contributed by atoms with Crippen molar-refractivity contribution in [3.63, 3.8) is 0 Å². The third-order valence-electron chi connectivity index (χ3n) is 4.05. The maximum atomic E-state index is 5.16. The van der Waals surface area contributed by atoms with E-state index in [1.165, 1.54) is 25.7 Å². The Bertz CT molecular complexity index is 452. The summed E-state index contributed by atoms with van der Waals surface area (Å²) in [5.41, 5.74) is 0. The highest BCUT2D eigenvalue weighted by molar-refractivity contribution is 5.36. The minimum absolute atomic E-state index is 0.310. The summed E-state index contributed by atoms with van der Waals surface area (Å²) in [6, 6.07) is 1.16. The lowest BCUT2D eigenvalue weighted by molar-refractivity contribution is 0.337. The molecule has 2 fully saturated rings. The van der Waals surface area contributed by atoms with Gasteiger partial charge in [-0.2, -0.15) is 9.97 Å². The maximum absolute atomic E-state index is 5.16. The molecule has 0 amide bonds. The highest BCUT2D eigenvalue weighted by atomic mass is 16.5. The Morgan fingerprint density at radius 2 is 1.81 bits per heavy atom. The number of hydrogen-bond donors (Lipinski definition) is 1. The lowest BCUT2D eigenvalue weighted by Crippen LogP contribution is -2.40. The smallest absolute Gasteiger partial charge is 0.324 e. The molecule has 2 heterocycles. The fourth-order valence-electron chi connectivity index (χ4n) is 2.78. The molecule has 0 bridgehead atoms. The summed E-state index contributed by atoms with van der Waals surface area (Å²) in [6.07, 6.45) is 4.91. The molecule has 1 unspecified atom stereocenters. The van der Waals surface area contributed by atoms with Gasteiger partial charge in [0.2, 0.25) is 5.95 Å². The molecular formula is C14H23N5O2. The van der Waals surface area contributed by atoms with Crippen LogP contribution in [0.1, 0.15) is 25.7 Å². The summed E-state index contributed by atoms with van der Waals surface area (Å²) in [5, 5.41) is 3.47. The zero-order valence-electron chi connectivity index (χ0n) is 12.7. The predicted molar refractivity (Wildman–Crippen MR) is 78.9 cm³/mol. The van der Waals surface area contributed by atoms with E-state index in [4.69, 9.17) is 9.47 Å². The van der Waals surface area contributed by atoms with E-state index in [9.17, 15) is 0 Å². The van der Waals surface area contributed by atoms with Crippen molar-refractivity contribution in [2.75, 3.05) is 38.8 Å². The number of ether oxygens (including phenoxy) is 2. The molecule has 1 N–H and O–H groups in total. The molecule has 7 nitrogen and oxygen atoms in total. The van der Waals surface area contributed by atoms with E-state index in [0.29, 0.717) is 29.9 Å². The number of methoxy groups -OCH3 is 2. The van der Waals surface area contributed by atoms with Gasteiger partial charge in [-0.1, -0.05) is 0 Å². The molecule has 0 aromatic carbocycles. The molecule has 0 radical (unpaired) electrons. The molecule has 1 aromatic heterocycles. The maximum Gasteiger partial charge on any atom is 0.324 e. The van der Waals surface area contributed by atoms with Crippen molar-refractivity contribution in [3.05, 3.63) is 0 Å². The van der Waals surface area contributed by atoms with Crippen LogP contribution in [0.3, 0.4) is 0 Å². The highest BCUT2D eigenvalue weighted by Gasteiger charge is 2.33. The van der Waals surface area contributed by atoms with E-state index < -0.39 is 0 Å². The van der Waals surface area contributed by atoms with Gasteiger partial charge < -0.3 is 19.7 Å². The van der Waals surface area contributed by atoms with Crippen LogP contribution >= 0.6 is 0 Å². The summed E-state index contributed by atoms with van der Waals surface area (Å²) in [5.74, 6) is 1.32. The van der Waals surface area contributed by atoms with Crippen molar-refractivity contribution < 1.29 is 9.47 Å². The summed E-state index contributed by atoms with van der Waals surface area (Å²) < 4.78 is 10.3. The Labute approximate surface area is 125 Å².